The third-order valence-electron chi connectivity index (χ3n) is 3.09. The smallest absolute Gasteiger partial charge is 0.0162 e. The Morgan fingerprint density at radius 1 is 0.933 bits per heavy atom. The van der Waals surface area contributed by atoms with Crippen LogP contribution in [0.25, 0.3) is 0 Å². The summed E-state index contributed by atoms with van der Waals surface area (Å²) < 4.78 is 0. The summed E-state index contributed by atoms with van der Waals surface area (Å²) in [5, 5.41) is 0. The summed E-state index contributed by atoms with van der Waals surface area (Å²) in [5.74, 6) is 0.788. The van der Waals surface area contributed by atoms with E-state index in [2.05, 4.69) is 45.0 Å². The van der Waals surface area contributed by atoms with Gasteiger partial charge in [-0.25, -0.2) is 0 Å². The van der Waals surface area contributed by atoms with Crippen molar-refractivity contribution in [1.82, 2.24) is 0 Å². The van der Waals surface area contributed by atoms with Crippen molar-refractivity contribution in [3.05, 3.63) is 35.4 Å². The van der Waals surface area contributed by atoms with Crippen LogP contribution in [0.15, 0.2) is 24.3 Å². The van der Waals surface area contributed by atoms with E-state index in [1.807, 2.05) is 0 Å². The number of unbranched alkanes of at least 4 members (excludes halogenated alkanes) is 1. The summed E-state index contributed by atoms with van der Waals surface area (Å²) in [6.45, 7) is 6.72. The molecule has 0 bridgehead atoms. The van der Waals surface area contributed by atoms with Crippen LogP contribution in [-0.2, 0) is 0 Å². The molecule has 0 amide bonds. The van der Waals surface area contributed by atoms with Gasteiger partial charge in [0.2, 0.25) is 0 Å². The van der Waals surface area contributed by atoms with Crippen LogP contribution < -0.4 is 0 Å². The van der Waals surface area contributed by atoms with Gasteiger partial charge < -0.3 is 0 Å². The number of rotatable bonds is 6. The van der Waals surface area contributed by atoms with Gasteiger partial charge in [0.1, 0.15) is 0 Å². The van der Waals surface area contributed by atoms with Gasteiger partial charge >= 0.3 is 0 Å². The highest BCUT2D eigenvalue weighted by molar-refractivity contribution is 5.24. The molecule has 0 aliphatic rings. The summed E-state index contributed by atoms with van der Waals surface area (Å²) in [7, 11) is 0. The molecule has 0 heteroatoms. The summed E-state index contributed by atoms with van der Waals surface area (Å²) in [5.41, 5.74) is 2.90. The van der Waals surface area contributed by atoms with Gasteiger partial charge in [0.15, 0.2) is 0 Å². The molecule has 0 nitrogen and oxygen atoms in total. The maximum atomic E-state index is 2.31. The predicted octanol–water partition coefficient (Wildman–Crippen LogP) is 5.07. The molecule has 1 rings (SSSR count). The van der Waals surface area contributed by atoms with Crippen LogP contribution in [0.1, 0.15) is 63.0 Å². The highest BCUT2D eigenvalue weighted by atomic mass is 14.1. The molecular weight excluding hydrogens is 180 g/mol. The summed E-state index contributed by atoms with van der Waals surface area (Å²) in [6.07, 6.45) is 6.66. The zero-order valence-electron chi connectivity index (χ0n) is 10.4. The Balaban J connectivity index is 2.65. The maximum Gasteiger partial charge on any atom is -0.0162 e. The van der Waals surface area contributed by atoms with Gasteiger partial charge in [0.25, 0.3) is 0 Å². The quantitative estimate of drug-likeness (QED) is 0.607. The number of benzene rings is 1. The zero-order valence-corrected chi connectivity index (χ0v) is 10.4. The second kappa shape index (κ2) is 6.66. The number of aryl methyl sites for hydroxylation is 1. The predicted molar refractivity (Wildman–Crippen MR) is 68.4 cm³/mol. The van der Waals surface area contributed by atoms with Gasteiger partial charge in [-0.2, -0.15) is 0 Å². The average molecular weight is 204 g/mol. The second-order valence-electron chi connectivity index (χ2n) is 4.54. The average Bonchev–Trinajstić information content (AvgIpc) is 2.25. The van der Waals surface area contributed by atoms with Gasteiger partial charge in [0, 0.05) is 0 Å². The lowest BCUT2D eigenvalue weighted by molar-refractivity contribution is 0.541. The van der Waals surface area contributed by atoms with Gasteiger partial charge in [-0.05, 0) is 31.2 Å². The minimum Gasteiger partial charge on any atom is -0.0654 e. The second-order valence-corrected chi connectivity index (χ2v) is 4.54. The maximum absolute atomic E-state index is 2.31. The molecule has 0 heterocycles. The summed E-state index contributed by atoms with van der Waals surface area (Å²) in [6, 6.07) is 9.10. The van der Waals surface area contributed by atoms with Crippen molar-refractivity contribution < 1.29 is 0 Å². The van der Waals surface area contributed by atoms with E-state index in [1.165, 1.54) is 43.2 Å². The standard InChI is InChI=1S/C15H24/c1-4-6-8-14(7-5-2)15-11-9-13(3)10-12-15/h9-12,14H,4-8H2,1-3H3. The largest absolute Gasteiger partial charge is 0.0654 e. The van der Waals surface area contributed by atoms with Crippen molar-refractivity contribution in [2.45, 2.75) is 58.8 Å². The van der Waals surface area contributed by atoms with Crippen LogP contribution in [0.2, 0.25) is 0 Å². The van der Waals surface area contributed by atoms with E-state index in [4.69, 9.17) is 0 Å². The fourth-order valence-electron chi connectivity index (χ4n) is 2.12. The lowest BCUT2D eigenvalue weighted by Gasteiger charge is -2.16. The summed E-state index contributed by atoms with van der Waals surface area (Å²) in [4.78, 5) is 0. The molecular formula is C15H24. The minimum atomic E-state index is 0.788. The van der Waals surface area contributed by atoms with Gasteiger partial charge in [-0.1, -0.05) is 62.9 Å². The monoisotopic (exact) mass is 204 g/mol. The van der Waals surface area contributed by atoms with Crippen molar-refractivity contribution in [2.75, 3.05) is 0 Å². The Morgan fingerprint density at radius 3 is 2.13 bits per heavy atom. The molecule has 0 aliphatic heterocycles. The Hall–Kier alpha value is -0.780. The van der Waals surface area contributed by atoms with Crippen LogP contribution in [0.3, 0.4) is 0 Å². The van der Waals surface area contributed by atoms with Crippen molar-refractivity contribution in [3.63, 3.8) is 0 Å². The normalized spacial score (nSPS) is 12.7. The van der Waals surface area contributed by atoms with Crippen LogP contribution in [0, 0.1) is 6.92 Å². The van der Waals surface area contributed by atoms with Crippen molar-refractivity contribution >= 4 is 0 Å². The Morgan fingerprint density at radius 2 is 1.60 bits per heavy atom. The van der Waals surface area contributed by atoms with Crippen LogP contribution >= 0.6 is 0 Å². The first-order valence-corrected chi connectivity index (χ1v) is 6.34. The molecule has 84 valence electrons. The SMILES string of the molecule is CCCCC(CCC)c1ccc(C)cc1. The molecule has 1 aromatic rings. The van der Waals surface area contributed by atoms with Crippen molar-refractivity contribution in [2.24, 2.45) is 0 Å². The van der Waals surface area contributed by atoms with E-state index in [-0.39, 0.29) is 0 Å². The fourth-order valence-corrected chi connectivity index (χ4v) is 2.12. The Labute approximate surface area is 94.7 Å². The molecule has 0 spiro atoms. The molecule has 0 saturated carbocycles. The topological polar surface area (TPSA) is 0 Å². The van der Waals surface area contributed by atoms with Crippen molar-refractivity contribution in [1.29, 1.82) is 0 Å². The Bertz CT molecular complexity index is 258. The summed E-state index contributed by atoms with van der Waals surface area (Å²) >= 11 is 0. The number of hydrogen-bond acceptors (Lipinski definition) is 0. The van der Waals surface area contributed by atoms with Crippen LogP contribution in [-0.4, -0.2) is 0 Å². The van der Waals surface area contributed by atoms with Gasteiger partial charge in [-0.15, -0.1) is 0 Å². The van der Waals surface area contributed by atoms with Gasteiger partial charge in [0.05, 0.1) is 0 Å². The van der Waals surface area contributed by atoms with Crippen molar-refractivity contribution in [3.8, 4) is 0 Å². The highest BCUT2D eigenvalue weighted by Gasteiger charge is 2.09. The zero-order chi connectivity index (χ0) is 11.1. The lowest BCUT2D eigenvalue weighted by atomic mass is 9.89. The third kappa shape index (κ3) is 4.07. The Kier molecular flexibility index (Phi) is 5.45. The molecule has 1 aromatic carbocycles. The first-order chi connectivity index (χ1) is 7.27. The van der Waals surface area contributed by atoms with E-state index in [0.29, 0.717) is 0 Å². The van der Waals surface area contributed by atoms with Crippen LogP contribution in [0.4, 0.5) is 0 Å². The van der Waals surface area contributed by atoms with E-state index in [1.54, 1.807) is 0 Å². The molecule has 0 fully saturated rings. The number of hydrogen-bond donors (Lipinski definition) is 0. The molecule has 0 radical (unpaired) electrons. The lowest BCUT2D eigenvalue weighted by Crippen LogP contribution is -1.98. The molecule has 0 saturated heterocycles. The third-order valence-corrected chi connectivity index (χ3v) is 3.09. The molecule has 0 aliphatic carbocycles. The van der Waals surface area contributed by atoms with Crippen LogP contribution in [0.5, 0.6) is 0 Å². The van der Waals surface area contributed by atoms with E-state index >= 15 is 0 Å². The van der Waals surface area contributed by atoms with Gasteiger partial charge in [-0.3, -0.25) is 0 Å². The van der Waals surface area contributed by atoms with E-state index in [0.717, 1.165) is 5.92 Å². The molecule has 1 unspecified atom stereocenters. The van der Waals surface area contributed by atoms with E-state index in [9.17, 15) is 0 Å². The minimum absolute atomic E-state index is 0.788. The molecule has 0 N–H and O–H groups in total. The first kappa shape index (κ1) is 12.3. The first-order valence-electron chi connectivity index (χ1n) is 6.34. The highest BCUT2D eigenvalue weighted by Crippen LogP contribution is 2.26. The van der Waals surface area contributed by atoms with E-state index < -0.39 is 0 Å². The molecule has 15 heavy (non-hydrogen) atoms. The molecule has 0 aromatic heterocycles. The fraction of sp³-hybridized carbons (Fsp3) is 0.600. The molecule has 1 atom stereocenters.